The second-order valence-corrected chi connectivity index (χ2v) is 2.47. The molecule has 0 aliphatic heterocycles. The van der Waals surface area contributed by atoms with Crippen LogP contribution in [0.3, 0.4) is 0 Å². The minimum Gasteiger partial charge on any atom is -0.366 e. The van der Waals surface area contributed by atoms with E-state index in [2.05, 4.69) is 32.3 Å². The molecule has 0 spiro atoms. The van der Waals surface area contributed by atoms with Gasteiger partial charge < -0.3 is 11.1 Å². The highest BCUT2D eigenvalue weighted by molar-refractivity contribution is 5.90. The zero-order valence-corrected chi connectivity index (χ0v) is 7.79. The molecule has 1 aromatic heterocycles. The molecule has 0 unspecified atom stereocenters. The SMILES string of the molecule is CC#CCCNC(=O)c1nc(N)n[nH]1. The lowest BCUT2D eigenvalue weighted by Gasteiger charge is -1.97. The molecule has 0 radical (unpaired) electrons. The summed E-state index contributed by atoms with van der Waals surface area (Å²) in [7, 11) is 0. The third kappa shape index (κ3) is 2.79. The van der Waals surface area contributed by atoms with Gasteiger partial charge in [-0.2, -0.15) is 4.98 Å². The Bertz CT molecular complexity index is 373. The number of aromatic nitrogens is 3. The van der Waals surface area contributed by atoms with Crippen molar-refractivity contribution >= 4 is 11.9 Å². The average molecular weight is 193 g/mol. The maximum absolute atomic E-state index is 11.3. The molecule has 6 nitrogen and oxygen atoms in total. The smallest absolute Gasteiger partial charge is 0.288 e. The maximum atomic E-state index is 11.3. The van der Waals surface area contributed by atoms with Crippen molar-refractivity contribution in [1.82, 2.24) is 20.5 Å². The molecule has 4 N–H and O–H groups in total. The van der Waals surface area contributed by atoms with E-state index in [0.717, 1.165) is 0 Å². The normalized spacial score (nSPS) is 8.93. The Hall–Kier alpha value is -2.03. The first-order valence-corrected chi connectivity index (χ1v) is 4.09. The van der Waals surface area contributed by atoms with Crippen molar-refractivity contribution in [3.63, 3.8) is 0 Å². The number of carbonyl (C=O) groups is 1. The van der Waals surface area contributed by atoms with Gasteiger partial charge in [-0.3, -0.25) is 9.89 Å². The predicted molar refractivity (Wildman–Crippen MR) is 51.2 cm³/mol. The molecule has 1 aromatic rings. The number of anilines is 1. The summed E-state index contributed by atoms with van der Waals surface area (Å²) in [5.41, 5.74) is 5.24. The van der Waals surface area contributed by atoms with E-state index in [1.165, 1.54) is 0 Å². The van der Waals surface area contributed by atoms with Gasteiger partial charge in [0.15, 0.2) is 0 Å². The lowest BCUT2D eigenvalue weighted by Crippen LogP contribution is -2.25. The Labute approximate surface area is 81.3 Å². The zero-order chi connectivity index (χ0) is 10.4. The minimum absolute atomic E-state index is 0.0588. The monoisotopic (exact) mass is 193 g/mol. The standard InChI is InChI=1S/C8H11N5O/c1-2-3-4-5-10-7(14)6-11-8(9)13-12-6/h4-5H2,1H3,(H,10,14)(H3,9,11,12,13). The summed E-state index contributed by atoms with van der Waals surface area (Å²) in [6.07, 6.45) is 0.617. The fraction of sp³-hybridized carbons (Fsp3) is 0.375. The molecular formula is C8H11N5O. The van der Waals surface area contributed by atoms with E-state index in [1.54, 1.807) is 6.92 Å². The predicted octanol–water partition coefficient (Wildman–Crippen LogP) is -0.470. The van der Waals surface area contributed by atoms with E-state index in [9.17, 15) is 4.79 Å². The van der Waals surface area contributed by atoms with E-state index in [4.69, 9.17) is 5.73 Å². The highest BCUT2D eigenvalue weighted by Crippen LogP contribution is 1.91. The first kappa shape index (κ1) is 10.1. The number of nitrogens with zero attached hydrogens (tertiary/aromatic N) is 2. The Morgan fingerprint density at radius 2 is 2.50 bits per heavy atom. The van der Waals surface area contributed by atoms with Crippen LogP contribution in [-0.2, 0) is 0 Å². The molecule has 1 amide bonds. The number of nitrogens with two attached hydrogens (primary N) is 1. The molecule has 0 saturated carbocycles. The van der Waals surface area contributed by atoms with Crippen LogP contribution in [0.1, 0.15) is 24.0 Å². The number of carbonyl (C=O) groups excluding carboxylic acids is 1. The van der Waals surface area contributed by atoms with Gasteiger partial charge in [-0.1, -0.05) is 0 Å². The molecule has 0 fully saturated rings. The quantitative estimate of drug-likeness (QED) is 0.446. The van der Waals surface area contributed by atoms with Crippen molar-refractivity contribution in [2.24, 2.45) is 0 Å². The molecule has 1 rings (SSSR count). The van der Waals surface area contributed by atoms with Crippen LogP contribution in [0.5, 0.6) is 0 Å². The van der Waals surface area contributed by atoms with E-state index in [0.29, 0.717) is 13.0 Å². The van der Waals surface area contributed by atoms with Crippen LogP contribution < -0.4 is 11.1 Å². The second kappa shape index (κ2) is 4.87. The lowest BCUT2D eigenvalue weighted by molar-refractivity contribution is 0.0944. The van der Waals surface area contributed by atoms with Gasteiger partial charge in [0.2, 0.25) is 11.8 Å². The maximum Gasteiger partial charge on any atom is 0.288 e. The third-order valence-electron chi connectivity index (χ3n) is 1.43. The van der Waals surface area contributed by atoms with Crippen molar-refractivity contribution < 1.29 is 4.79 Å². The molecule has 74 valence electrons. The van der Waals surface area contributed by atoms with Gasteiger partial charge in [-0.05, 0) is 6.92 Å². The van der Waals surface area contributed by atoms with Crippen LogP contribution in [0, 0.1) is 11.8 Å². The summed E-state index contributed by atoms with van der Waals surface area (Å²) in [4.78, 5) is 14.9. The number of aromatic amines is 1. The number of nitrogens with one attached hydrogen (secondary N) is 2. The van der Waals surface area contributed by atoms with Crippen molar-refractivity contribution in [2.45, 2.75) is 13.3 Å². The van der Waals surface area contributed by atoms with Gasteiger partial charge in [-0.15, -0.1) is 16.9 Å². The van der Waals surface area contributed by atoms with Crippen molar-refractivity contribution in [1.29, 1.82) is 0 Å². The molecule has 14 heavy (non-hydrogen) atoms. The van der Waals surface area contributed by atoms with Crippen molar-refractivity contribution in [3.8, 4) is 11.8 Å². The summed E-state index contributed by atoms with van der Waals surface area (Å²) in [5, 5.41) is 8.56. The lowest BCUT2D eigenvalue weighted by atomic mass is 10.4. The number of amides is 1. The van der Waals surface area contributed by atoms with Crippen LogP contribution >= 0.6 is 0 Å². The fourth-order valence-electron chi connectivity index (χ4n) is 0.824. The third-order valence-corrected chi connectivity index (χ3v) is 1.43. The summed E-state index contributed by atoms with van der Waals surface area (Å²) < 4.78 is 0. The number of rotatable bonds is 3. The van der Waals surface area contributed by atoms with Gasteiger partial charge in [0.05, 0.1) is 0 Å². The van der Waals surface area contributed by atoms with Gasteiger partial charge in [0.1, 0.15) is 0 Å². The molecule has 0 aliphatic carbocycles. The molecular weight excluding hydrogens is 182 g/mol. The topological polar surface area (TPSA) is 96.7 Å². The molecule has 6 heteroatoms. The van der Waals surface area contributed by atoms with Crippen molar-refractivity contribution in [2.75, 3.05) is 12.3 Å². The summed E-state index contributed by atoms with van der Waals surface area (Å²) in [5.74, 6) is 5.40. The highest BCUT2D eigenvalue weighted by Gasteiger charge is 2.08. The molecule has 0 bridgehead atoms. The van der Waals surface area contributed by atoms with Crippen molar-refractivity contribution in [3.05, 3.63) is 5.82 Å². The van der Waals surface area contributed by atoms with Crippen LogP contribution in [-0.4, -0.2) is 27.6 Å². The Morgan fingerprint density at radius 1 is 1.71 bits per heavy atom. The average Bonchev–Trinajstić information content (AvgIpc) is 2.59. The molecule has 1 heterocycles. The summed E-state index contributed by atoms with van der Waals surface area (Å²) in [6, 6.07) is 0. The van der Waals surface area contributed by atoms with Gasteiger partial charge >= 0.3 is 0 Å². The van der Waals surface area contributed by atoms with E-state index >= 15 is 0 Å². The summed E-state index contributed by atoms with van der Waals surface area (Å²) >= 11 is 0. The van der Waals surface area contributed by atoms with E-state index in [1.807, 2.05) is 0 Å². The number of hydrogen-bond donors (Lipinski definition) is 3. The largest absolute Gasteiger partial charge is 0.366 e. The number of hydrogen-bond acceptors (Lipinski definition) is 4. The van der Waals surface area contributed by atoms with Crippen LogP contribution in [0.25, 0.3) is 0 Å². The Kier molecular flexibility index (Phi) is 3.49. The van der Waals surface area contributed by atoms with Gasteiger partial charge in [0, 0.05) is 13.0 Å². The Balaban J connectivity index is 2.38. The molecule has 0 saturated heterocycles. The minimum atomic E-state index is -0.327. The van der Waals surface area contributed by atoms with Crippen LogP contribution in [0.15, 0.2) is 0 Å². The first-order chi connectivity index (χ1) is 6.74. The second-order valence-electron chi connectivity index (χ2n) is 2.47. The van der Waals surface area contributed by atoms with Gasteiger partial charge in [-0.25, -0.2) is 0 Å². The van der Waals surface area contributed by atoms with E-state index in [-0.39, 0.29) is 17.7 Å². The van der Waals surface area contributed by atoms with Crippen LogP contribution in [0.2, 0.25) is 0 Å². The van der Waals surface area contributed by atoms with Gasteiger partial charge in [0.25, 0.3) is 5.91 Å². The fourth-order valence-corrected chi connectivity index (χ4v) is 0.824. The molecule has 0 atom stereocenters. The van der Waals surface area contributed by atoms with Crippen LogP contribution in [0.4, 0.5) is 5.95 Å². The highest BCUT2D eigenvalue weighted by atomic mass is 16.2. The number of H-pyrrole nitrogens is 1. The zero-order valence-electron chi connectivity index (χ0n) is 7.79. The molecule has 0 aliphatic rings. The van der Waals surface area contributed by atoms with E-state index < -0.39 is 0 Å². The first-order valence-electron chi connectivity index (χ1n) is 4.09. The number of nitrogen functional groups attached to an aromatic ring is 1. The Morgan fingerprint density at radius 3 is 3.07 bits per heavy atom. The summed E-state index contributed by atoms with van der Waals surface area (Å²) in [6.45, 7) is 2.24. The molecule has 0 aromatic carbocycles.